The van der Waals surface area contributed by atoms with E-state index in [0.717, 1.165) is 10.3 Å². The SMILES string of the molecule is COc1ccc(NC(=O)CSc2n[nH]c(C(C)C)n2)cc1Br. The van der Waals surface area contributed by atoms with E-state index in [0.29, 0.717) is 16.6 Å². The summed E-state index contributed by atoms with van der Waals surface area (Å²) in [5, 5.41) is 10.3. The summed E-state index contributed by atoms with van der Waals surface area (Å²) < 4.78 is 5.94. The number of thioether (sulfide) groups is 1. The van der Waals surface area contributed by atoms with Crippen molar-refractivity contribution in [3.8, 4) is 5.75 Å². The van der Waals surface area contributed by atoms with Gasteiger partial charge in [0.15, 0.2) is 0 Å². The largest absolute Gasteiger partial charge is 0.496 e. The minimum Gasteiger partial charge on any atom is -0.496 e. The summed E-state index contributed by atoms with van der Waals surface area (Å²) in [5.41, 5.74) is 0.705. The zero-order chi connectivity index (χ0) is 16.1. The second-order valence-electron chi connectivity index (χ2n) is 4.84. The van der Waals surface area contributed by atoms with Gasteiger partial charge in [0.25, 0.3) is 0 Å². The maximum Gasteiger partial charge on any atom is 0.234 e. The van der Waals surface area contributed by atoms with Gasteiger partial charge in [-0.25, -0.2) is 4.98 Å². The number of amides is 1. The van der Waals surface area contributed by atoms with E-state index in [1.165, 1.54) is 11.8 Å². The van der Waals surface area contributed by atoms with Crippen LogP contribution >= 0.6 is 27.7 Å². The molecule has 1 aromatic heterocycles. The molecule has 0 atom stereocenters. The first-order chi connectivity index (χ1) is 10.5. The highest BCUT2D eigenvalue weighted by molar-refractivity contribution is 9.10. The third-order valence-corrected chi connectivity index (χ3v) is 4.26. The lowest BCUT2D eigenvalue weighted by molar-refractivity contribution is -0.113. The standard InChI is InChI=1S/C14H17BrN4O2S/c1-8(2)13-17-14(19-18-13)22-7-12(20)16-9-4-5-11(21-3)10(15)6-9/h4-6,8H,7H2,1-3H3,(H,16,20)(H,17,18,19). The van der Waals surface area contributed by atoms with Crippen LogP contribution in [0.3, 0.4) is 0 Å². The molecule has 0 saturated carbocycles. The van der Waals surface area contributed by atoms with Gasteiger partial charge in [-0.3, -0.25) is 9.89 Å². The van der Waals surface area contributed by atoms with Crippen molar-refractivity contribution in [2.24, 2.45) is 0 Å². The number of carbonyl (C=O) groups is 1. The molecular weight excluding hydrogens is 368 g/mol. The Balaban J connectivity index is 1.88. The topological polar surface area (TPSA) is 79.9 Å². The highest BCUT2D eigenvalue weighted by atomic mass is 79.9. The van der Waals surface area contributed by atoms with Crippen LogP contribution in [0.15, 0.2) is 27.8 Å². The molecule has 8 heteroatoms. The van der Waals surface area contributed by atoms with Crippen LogP contribution in [0.5, 0.6) is 5.75 Å². The molecule has 6 nitrogen and oxygen atoms in total. The molecule has 0 aliphatic rings. The average molecular weight is 385 g/mol. The van der Waals surface area contributed by atoms with E-state index in [9.17, 15) is 4.79 Å². The predicted molar refractivity (Wildman–Crippen MR) is 90.5 cm³/mol. The Kier molecular flexibility index (Phi) is 5.84. The normalized spacial score (nSPS) is 10.8. The first-order valence-corrected chi connectivity index (χ1v) is 8.46. The van der Waals surface area contributed by atoms with Gasteiger partial charge in [-0.1, -0.05) is 25.6 Å². The quantitative estimate of drug-likeness (QED) is 0.745. The van der Waals surface area contributed by atoms with Crippen LogP contribution in [0, 0.1) is 0 Å². The number of carbonyl (C=O) groups excluding carboxylic acids is 1. The Morgan fingerprint density at radius 3 is 2.86 bits per heavy atom. The van der Waals surface area contributed by atoms with E-state index in [-0.39, 0.29) is 17.6 Å². The molecule has 0 spiro atoms. The van der Waals surface area contributed by atoms with Crippen molar-refractivity contribution in [1.82, 2.24) is 15.2 Å². The van der Waals surface area contributed by atoms with Crippen LogP contribution in [-0.2, 0) is 4.79 Å². The number of aromatic nitrogens is 3. The molecule has 1 amide bonds. The fourth-order valence-corrected chi connectivity index (χ4v) is 2.80. The molecule has 2 rings (SSSR count). The molecule has 0 aliphatic heterocycles. The third-order valence-electron chi connectivity index (χ3n) is 2.80. The van der Waals surface area contributed by atoms with Crippen molar-refractivity contribution in [2.75, 3.05) is 18.2 Å². The molecule has 0 fully saturated rings. The van der Waals surface area contributed by atoms with Crippen LogP contribution in [0.4, 0.5) is 5.69 Å². The second kappa shape index (κ2) is 7.64. The first-order valence-electron chi connectivity index (χ1n) is 6.68. The molecule has 0 aliphatic carbocycles. The molecule has 0 radical (unpaired) electrons. The van der Waals surface area contributed by atoms with Gasteiger partial charge in [-0.05, 0) is 34.1 Å². The van der Waals surface area contributed by atoms with Gasteiger partial charge in [0.1, 0.15) is 11.6 Å². The van der Waals surface area contributed by atoms with Crippen LogP contribution in [0.2, 0.25) is 0 Å². The molecule has 2 aromatic rings. The van der Waals surface area contributed by atoms with Crippen LogP contribution in [0.25, 0.3) is 0 Å². The van der Waals surface area contributed by atoms with Gasteiger partial charge in [0, 0.05) is 11.6 Å². The Morgan fingerprint density at radius 2 is 2.27 bits per heavy atom. The van der Waals surface area contributed by atoms with Crippen molar-refractivity contribution >= 4 is 39.3 Å². The molecule has 0 saturated heterocycles. The number of hydrogen-bond acceptors (Lipinski definition) is 5. The van der Waals surface area contributed by atoms with E-state index in [1.807, 2.05) is 13.8 Å². The van der Waals surface area contributed by atoms with Gasteiger partial charge < -0.3 is 10.1 Å². The van der Waals surface area contributed by atoms with Crippen LogP contribution in [0.1, 0.15) is 25.6 Å². The van der Waals surface area contributed by atoms with Gasteiger partial charge >= 0.3 is 0 Å². The van der Waals surface area contributed by atoms with Crippen molar-refractivity contribution < 1.29 is 9.53 Å². The number of aromatic amines is 1. The lowest BCUT2D eigenvalue weighted by Crippen LogP contribution is -2.14. The molecule has 22 heavy (non-hydrogen) atoms. The van der Waals surface area contributed by atoms with E-state index < -0.39 is 0 Å². The zero-order valence-electron chi connectivity index (χ0n) is 12.5. The van der Waals surface area contributed by atoms with Crippen molar-refractivity contribution in [3.63, 3.8) is 0 Å². The smallest absolute Gasteiger partial charge is 0.234 e. The van der Waals surface area contributed by atoms with Crippen molar-refractivity contribution in [3.05, 3.63) is 28.5 Å². The van der Waals surface area contributed by atoms with Crippen molar-refractivity contribution in [2.45, 2.75) is 24.9 Å². The number of rotatable bonds is 6. The van der Waals surface area contributed by atoms with Crippen LogP contribution < -0.4 is 10.1 Å². The van der Waals surface area contributed by atoms with Gasteiger partial charge in [0.2, 0.25) is 11.1 Å². The minimum atomic E-state index is -0.113. The molecule has 1 aromatic carbocycles. The Labute approximate surface area is 141 Å². The van der Waals surface area contributed by atoms with Crippen LogP contribution in [-0.4, -0.2) is 34.0 Å². The lowest BCUT2D eigenvalue weighted by Gasteiger charge is -2.07. The highest BCUT2D eigenvalue weighted by Crippen LogP contribution is 2.27. The maximum atomic E-state index is 11.9. The number of H-pyrrole nitrogens is 1. The molecule has 2 N–H and O–H groups in total. The van der Waals surface area contributed by atoms with E-state index in [2.05, 4.69) is 36.4 Å². The number of hydrogen-bond donors (Lipinski definition) is 2. The molecule has 118 valence electrons. The number of nitrogens with zero attached hydrogens (tertiary/aromatic N) is 2. The molecular formula is C14H17BrN4O2S. The van der Waals surface area contributed by atoms with E-state index in [1.54, 1.807) is 25.3 Å². The van der Waals surface area contributed by atoms with E-state index in [4.69, 9.17) is 4.74 Å². The number of methoxy groups -OCH3 is 1. The third kappa shape index (κ3) is 4.48. The number of anilines is 1. The van der Waals surface area contributed by atoms with Gasteiger partial charge in [-0.2, -0.15) is 0 Å². The minimum absolute atomic E-state index is 0.113. The maximum absolute atomic E-state index is 11.9. The van der Waals surface area contributed by atoms with Gasteiger partial charge in [0.05, 0.1) is 17.3 Å². The average Bonchev–Trinajstić information content (AvgIpc) is 2.94. The Hall–Kier alpha value is -1.54. The Bertz CT molecular complexity index is 660. The summed E-state index contributed by atoms with van der Waals surface area (Å²) in [5.74, 6) is 1.96. The number of nitrogens with one attached hydrogen (secondary N) is 2. The number of halogens is 1. The molecule has 1 heterocycles. The molecule has 0 bridgehead atoms. The Morgan fingerprint density at radius 1 is 1.50 bits per heavy atom. The number of benzene rings is 1. The summed E-state index contributed by atoms with van der Waals surface area (Å²) in [6.45, 7) is 4.06. The summed E-state index contributed by atoms with van der Waals surface area (Å²) in [4.78, 5) is 16.3. The van der Waals surface area contributed by atoms with E-state index >= 15 is 0 Å². The summed E-state index contributed by atoms with van der Waals surface area (Å²) in [6.07, 6.45) is 0. The first kappa shape index (κ1) is 16.8. The highest BCUT2D eigenvalue weighted by Gasteiger charge is 2.10. The monoisotopic (exact) mass is 384 g/mol. The summed E-state index contributed by atoms with van der Waals surface area (Å²) in [6, 6.07) is 5.37. The summed E-state index contributed by atoms with van der Waals surface area (Å²) in [7, 11) is 1.59. The molecule has 0 unspecified atom stereocenters. The fourth-order valence-electron chi connectivity index (χ4n) is 1.65. The lowest BCUT2D eigenvalue weighted by atomic mass is 10.2. The number of ether oxygens (including phenoxy) is 1. The summed E-state index contributed by atoms with van der Waals surface area (Å²) >= 11 is 4.68. The zero-order valence-corrected chi connectivity index (χ0v) is 14.9. The van der Waals surface area contributed by atoms with Crippen molar-refractivity contribution in [1.29, 1.82) is 0 Å². The predicted octanol–water partition coefficient (Wildman–Crippen LogP) is 3.43. The second-order valence-corrected chi connectivity index (χ2v) is 6.64. The van der Waals surface area contributed by atoms with Gasteiger partial charge in [-0.15, -0.1) is 5.10 Å². The fraction of sp³-hybridized carbons (Fsp3) is 0.357.